The Labute approximate surface area is 127 Å². The molecule has 2 nitrogen and oxygen atoms in total. The average Bonchev–Trinajstić information content (AvgIpc) is 2.55. The highest BCUT2D eigenvalue weighted by Crippen LogP contribution is 2.43. The van der Waals surface area contributed by atoms with Gasteiger partial charge in [0, 0.05) is 11.1 Å². The van der Waals surface area contributed by atoms with Crippen molar-refractivity contribution in [3.63, 3.8) is 0 Å². The number of benzene rings is 3. The molecule has 0 bridgehead atoms. The first-order valence-electron chi connectivity index (χ1n) is 7.06. The van der Waals surface area contributed by atoms with Gasteiger partial charge in [0.1, 0.15) is 17.7 Å². The molecule has 0 spiro atoms. The van der Waals surface area contributed by atoms with Crippen LogP contribution in [-0.4, -0.2) is 5.11 Å². The first-order chi connectivity index (χ1) is 10.7. The molecular weight excluding hydrogens is 279 g/mol. The molecule has 1 N–H and O–H groups in total. The molecule has 0 saturated heterocycles. The predicted octanol–water partition coefficient (Wildman–Crippen LogP) is 4.45. The van der Waals surface area contributed by atoms with Crippen LogP contribution in [0.4, 0.5) is 4.39 Å². The predicted molar refractivity (Wildman–Crippen MR) is 83.9 cm³/mol. The summed E-state index contributed by atoms with van der Waals surface area (Å²) in [7, 11) is 0. The highest BCUT2D eigenvalue weighted by atomic mass is 19.1. The van der Waals surface area contributed by atoms with Gasteiger partial charge in [-0.15, -0.1) is 0 Å². The van der Waals surface area contributed by atoms with E-state index in [1.165, 1.54) is 12.1 Å². The largest absolute Gasteiger partial charge is 0.464 e. The molecule has 3 heteroatoms. The lowest BCUT2D eigenvalue weighted by Gasteiger charge is -2.24. The van der Waals surface area contributed by atoms with Crippen LogP contribution in [0.2, 0.25) is 0 Å². The fourth-order valence-electron chi connectivity index (χ4n) is 2.88. The summed E-state index contributed by atoms with van der Waals surface area (Å²) in [6.07, 6.45) is 0.713. The SMILES string of the molecule is OC1C(c2ccccc2)=COc2ccc3ccc(F)cc3c21. The molecule has 108 valence electrons. The van der Waals surface area contributed by atoms with Crippen molar-refractivity contribution >= 4 is 16.3 Å². The molecular formula is C19H13FO2. The number of hydrogen-bond donors (Lipinski definition) is 1. The van der Waals surface area contributed by atoms with Crippen molar-refractivity contribution in [2.24, 2.45) is 0 Å². The van der Waals surface area contributed by atoms with Crippen LogP contribution in [0.15, 0.2) is 66.9 Å². The summed E-state index contributed by atoms with van der Waals surface area (Å²) in [6.45, 7) is 0. The van der Waals surface area contributed by atoms with E-state index in [4.69, 9.17) is 4.74 Å². The van der Waals surface area contributed by atoms with Crippen molar-refractivity contribution < 1.29 is 14.2 Å². The molecule has 1 aliphatic rings. The van der Waals surface area contributed by atoms with Crippen molar-refractivity contribution in [3.05, 3.63) is 83.9 Å². The monoisotopic (exact) mass is 292 g/mol. The molecule has 22 heavy (non-hydrogen) atoms. The molecule has 0 aromatic heterocycles. The van der Waals surface area contributed by atoms with Crippen molar-refractivity contribution in [2.75, 3.05) is 0 Å². The third-order valence-electron chi connectivity index (χ3n) is 3.97. The number of rotatable bonds is 1. The van der Waals surface area contributed by atoms with Crippen LogP contribution < -0.4 is 4.74 Å². The zero-order valence-corrected chi connectivity index (χ0v) is 11.7. The van der Waals surface area contributed by atoms with E-state index >= 15 is 0 Å². The zero-order valence-electron chi connectivity index (χ0n) is 11.7. The van der Waals surface area contributed by atoms with Crippen LogP contribution in [0.1, 0.15) is 17.2 Å². The van der Waals surface area contributed by atoms with Crippen LogP contribution >= 0.6 is 0 Å². The summed E-state index contributed by atoms with van der Waals surface area (Å²) in [6, 6.07) is 17.8. The van der Waals surface area contributed by atoms with Crippen LogP contribution in [0.25, 0.3) is 16.3 Å². The number of halogens is 1. The van der Waals surface area contributed by atoms with Crippen LogP contribution in [0.5, 0.6) is 5.75 Å². The highest BCUT2D eigenvalue weighted by Gasteiger charge is 2.26. The number of fused-ring (bicyclic) bond motifs is 3. The second kappa shape index (κ2) is 4.97. The topological polar surface area (TPSA) is 29.5 Å². The number of ether oxygens (including phenoxy) is 1. The van der Waals surface area contributed by atoms with Gasteiger partial charge in [0.25, 0.3) is 0 Å². The molecule has 1 unspecified atom stereocenters. The normalized spacial score (nSPS) is 16.8. The minimum Gasteiger partial charge on any atom is -0.464 e. The number of hydrogen-bond acceptors (Lipinski definition) is 2. The summed E-state index contributed by atoms with van der Waals surface area (Å²) < 4.78 is 19.3. The van der Waals surface area contributed by atoms with Gasteiger partial charge >= 0.3 is 0 Å². The molecule has 0 fully saturated rings. The van der Waals surface area contributed by atoms with E-state index in [-0.39, 0.29) is 5.82 Å². The lowest BCUT2D eigenvalue weighted by molar-refractivity contribution is 0.226. The van der Waals surface area contributed by atoms with Crippen LogP contribution in [-0.2, 0) is 0 Å². The van der Waals surface area contributed by atoms with Gasteiger partial charge in [-0.2, -0.15) is 0 Å². The van der Waals surface area contributed by atoms with E-state index in [0.29, 0.717) is 22.3 Å². The fourth-order valence-corrected chi connectivity index (χ4v) is 2.88. The van der Waals surface area contributed by atoms with E-state index in [0.717, 1.165) is 10.9 Å². The van der Waals surface area contributed by atoms with E-state index in [1.807, 2.05) is 36.4 Å². The maximum atomic E-state index is 13.6. The zero-order chi connectivity index (χ0) is 15.1. The minimum atomic E-state index is -0.850. The second-order valence-corrected chi connectivity index (χ2v) is 5.30. The van der Waals surface area contributed by atoms with Gasteiger partial charge in [-0.1, -0.05) is 42.5 Å². The maximum absolute atomic E-state index is 13.6. The van der Waals surface area contributed by atoms with Gasteiger partial charge in [0.05, 0.1) is 6.26 Å². The van der Waals surface area contributed by atoms with Crippen molar-refractivity contribution in [1.82, 2.24) is 0 Å². The molecule has 3 aromatic carbocycles. The quantitative estimate of drug-likeness (QED) is 0.718. The third kappa shape index (κ3) is 1.98. The molecule has 1 atom stereocenters. The maximum Gasteiger partial charge on any atom is 0.133 e. The summed E-state index contributed by atoms with van der Waals surface area (Å²) in [5.41, 5.74) is 2.16. The summed E-state index contributed by atoms with van der Waals surface area (Å²) in [4.78, 5) is 0. The Bertz CT molecular complexity index is 885. The van der Waals surface area contributed by atoms with Gasteiger partial charge in [0.15, 0.2) is 0 Å². The minimum absolute atomic E-state index is 0.330. The standard InChI is InChI=1S/C19H13FO2/c20-14-8-6-13-7-9-17-18(15(13)10-14)19(21)16(11-22-17)12-4-2-1-3-5-12/h1-11,19,21H. The first kappa shape index (κ1) is 13.0. The van der Waals surface area contributed by atoms with Gasteiger partial charge in [-0.05, 0) is 34.5 Å². The molecule has 1 heterocycles. The molecule has 3 aromatic rings. The Hall–Kier alpha value is -2.65. The second-order valence-electron chi connectivity index (χ2n) is 5.30. The average molecular weight is 292 g/mol. The lowest BCUT2D eigenvalue weighted by atomic mass is 9.90. The third-order valence-corrected chi connectivity index (χ3v) is 3.97. The molecule has 4 rings (SSSR count). The molecule has 0 amide bonds. The summed E-state index contributed by atoms with van der Waals surface area (Å²) >= 11 is 0. The molecule has 1 aliphatic heterocycles. The van der Waals surface area contributed by atoms with Gasteiger partial charge < -0.3 is 9.84 Å². The molecule has 0 aliphatic carbocycles. The Morgan fingerprint density at radius 2 is 1.73 bits per heavy atom. The number of aliphatic hydroxyl groups is 1. The molecule has 0 saturated carbocycles. The summed E-state index contributed by atoms with van der Waals surface area (Å²) in [5.74, 6) is 0.231. The van der Waals surface area contributed by atoms with Crippen LogP contribution in [0.3, 0.4) is 0 Å². The van der Waals surface area contributed by atoms with Crippen molar-refractivity contribution in [1.29, 1.82) is 0 Å². The fraction of sp³-hybridized carbons (Fsp3) is 0.0526. The van der Waals surface area contributed by atoms with E-state index in [1.54, 1.807) is 18.4 Å². The summed E-state index contributed by atoms with van der Waals surface area (Å²) in [5, 5.41) is 12.3. The Kier molecular flexibility index (Phi) is 2.94. The molecule has 0 radical (unpaired) electrons. The Morgan fingerprint density at radius 1 is 0.955 bits per heavy atom. The first-order valence-corrected chi connectivity index (χ1v) is 7.06. The van der Waals surface area contributed by atoms with Crippen molar-refractivity contribution in [3.8, 4) is 5.75 Å². The van der Waals surface area contributed by atoms with Gasteiger partial charge in [0.2, 0.25) is 0 Å². The number of aliphatic hydroxyl groups excluding tert-OH is 1. The van der Waals surface area contributed by atoms with Gasteiger partial charge in [-0.3, -0.25) is 0 Å². The van der Waals surface area contributed by atoms with Crippen molar-refractivity contribution in [2.45, 2.75) is 6.10 Å². The lowest BCUT2D eigenvalue weighted by Crippen LogP contribution is -2.10. The highest BCUT2D eigenvalue weighted by molar-refractivity contribution is 5.91. The van der Waals surface area contributed by atoms with Crippen LogP contribution in [0, 0.1) is 5.82 Å². The van der Waals surface area contributed by atoms with Gasteiger partial charge in [-0.25, -0.2) is 4.39 Å². The van der Waals surface area contributed by atoms with E-state index in [9.17, 15) is 9.50 Å². The Balaban J connectivity index is 1.91. The smallest absolute Gasteiger partial charge is 0.133 e. The van der Waals surface area contributed by atoms with E-state index < -0.39 is 6.10 Å². The van der Waals surface area contributed by atoms with E-state index in [2.05, 4.69) is 0 Å². The Morgan fingerprint density at radius 3 is 2.55 bits per heavy atom.